The maximum atomic E-state index is 10.8. The van der Waals surface area contributed by atoms with Crippen LogP contribution in [0.3, 0.4) is 0 Å². The van der Waals surface area contributed by atoms with E-state index in [-0.39, 0.29) is 11.3 Å². The van der Waals surface area contributed by atoms with Gasteiger partial charge in [-0.1, -0.05) is 12.1 Å². The molecule has 0 amide bonds. The first kappa shape index (κ1) is 13.1. The van der Waals surface area contributed by atoms with Gasteiger partial charge >= 0.3 is 5.97 Å². The topological polar surface area (TPSA) is 127 Å². The Kier molecular flexibility index (Phi) is 3.45. The van der Waals surface area contributed by atoms with E-state index >= 15 is 0 Å². The van der Waals surface area contributed by atoms with Gasteiger partial charge in [-0.3, -0.25) is 14.9 Å². The minimum atomic E-state index is -1.91. The van der Waals surface area contributed by atoms with E-state index in [1.54, 1.807) is 0 Å². The van der Waals surface area contributed by atoms with Crippen molar-refractivity contribution in [3.05, 3.63) is 39.9 Å². The molecular formula is C10H12N2O5. The van der Waals surface area contributed by atoms with Gasteiger partial charge in [-0.2, -0.15) is 0 Å². The molecule has 92 valence electrons. The number of nitrogens with zero attached hydrogens (tertiary/aromatic N) is 1. The predicted octanol–water partition coefficient (Wildman–Crippen LogP) is 0.430. The molecule has 4 N–H and O–H groups in total. The van der Waals surface area contributed by atoms with Crippen LogP contribution in [-0.2, 0) is 4.79 Å². The molecule has 0 aromatic heterocycles. The number of carboxylic acids is 1. The summed E-state index contributed by atoms with van der Waals surface area (Å²) in [6, 6.07) is 5.07. The second kappa shape index (κ2) is 4.48. The second-order valence-electron chi connectivity index (χ2n) is 3.84. The van der Waals surface area contributed by atoms with Gasteiger partial charge in [-0.15, -0.1) is 0 Å². The van der Waals surface area contributed by atoms with E-state index in [4.69, 9.17) is 10.8 Å². The first-order valence-corrected chi connectivity index (χ1v) is 4.71. The molecule has 0 saturated heterocycles. The van der Waals surface area contributed by atoms with Crippen LogP contribution in [0.1, 0.15) is 18.6 Å². The number of carbonyl (C=O) groups is 1. The zero-order valence-electron chi connectivity index (χ0n) is 9.03. The summed E-state index contributed by atoms with van der Waals surface area (Å²) in [6.07, 6.45) is -1.53. The normalized spacial score (nSPS) is 15.9. The van der Waals surface area contributed by atoms with E-state index in [2.05, 4.69) is 0 Å². The average molecular weight is 240 g/mol. The van der Waals surface area contributed by atoms with Crippen molar-refractivity contribution in [1.82, 2.24) is 0 Å². The predicted molar refractivity (Wildman–Crippen MR) is 58.3 cm³/mol. The molecule has 7 heteroatoms. The van der Waals surface area contributed by atoms with E-state index in [1.807, 2.05) is 0 Å². The summed E-state index contributed by atoms with van der Waals surface area (Å²) in [6.45, 7) is 1.14. The summed E-state index contributed by atoms with van der Waals surface area (Å²) in [7, 11) is 0. The van der Waals surface area contributed by atoms with Crippen LogP contribution in [0, 0.1) is 10.1 Å². The van der Waals surface area contributed by atoms with Crippen molar-refractivity contribution < 1.29 is 19.9 Å². The Balaban J connectivity index is 3.13. The average Bonchev–Trinajstić information content (AvgIpc) is 2.27. The zero-order valence-corrected chi connectivity index (χ0v) is 9.03. The van der Waals surface area contributed by atoms with E-state index in [0.717, 1.165) is 13.0 Å². The SMILES string of the molecule is C[C@@](N)(C(=O)O)C(O)c1cccc([N+](=O)[O-])c1. The minimum absolute atomic E-state index is 0.0894. The number of carboxylic acid groups (broad SMARTS) is 1. The van der Waals surface area contributed by atoms with Crippen LogP contribution >= 0.6 is 0 Å². The molecule has 1 rings (SSSR count). The lowest BCUT2D eigenvalue weighted by Gasteiger charge is -2.25. The molecule has 2 atom stereocenters. The van der Waals surface area contributed by atoms with Crippen molar-refractivity contribution >= 4 is 11.7 Å². The molecule has 0 spiro atoms. The standard InChI is InChI=1S/C10H12N2O5/c1-10(11,9(14)15)8(13)6-3-2-4-7(5-6)12(16)17/h2-5,8,13H,11H2,1H3,(H,14,15)/t8?,10-/m0/s1. The molecule has 1 aromatic carbocycles. The largest absolute Gasteiger partial charge is 0.480 e. The maximum Gasteiger partial charge on any atom is 0.326 e. The van der Waals surface area contributed by atoms with Crippen molar-refractivity contribution in [3.8, 4) is 0 Å². The van der Waals surface area contributed by atoms with Crippen molar-refractivity contribution in [2.24, 2.45) is 5.73 Å². The summed E-state index contributed by atoms with van der Waals surface area (Å²) in [4.78, 5) is 20.7. The number of hydrogen-bond acceptors (Lipinski definition) is 5. The number of nitrogens with two attached hydrogens (primary N) is 1. The number of hydrogen-bond donors (Lipinski definition) is 3. The van der Waals surface area contributed by atoms with Gasteiger partial charge < -0.3 is 15.9 Å². The molecule has 0 aliphatic heterocycles. The monoisotopic (exact) mass is 240 g/mol. The molecule has 0 radical (unpaired) electrons. The third-order valence-corrected chi connectivity index (χ3v) is 2.43. The van der Waals surface area contributed by atoms with Gasteiger partial charge in [0.05, 0.1) is 4.92 Å². The van der Waals surface area contributed by atoms with Gasteiger partial charge in [0.15, 0.2) is 0 Å². The Hall–Kier alpha value is -1.99. The second-order valence-corrected chi connectivity index (χ2v) is 3.84. The van der Waals surface area contributed by atoms with Crippen molar-refractivity contribution in [2.45, 2.75) is 18.6 Å². The summed E-state index contributed by atoms with van der Waals surface area (Å²) >= 11 is 0. The number of rotatable bonds is 4. The Morgan fingerprint density at radius 1 is 1.59 bits per heavy atom. The van der Waals surface area contributed by atoms with Crippen LogP contribution in [0.5, 0.6) is 0 Å². The van der Waals surface area contributed by atoms with Crippen LogP contribution in [0.25, 0.3) is 0 Å². The fourth-order valence-electron chi connectivity index (χ4n) is 1.27. The molecule has 0 bridgehead atoms. The molecular weight excluding hydrogens is 228 g/mol. The number of nitro benzene ring substituents is 1. The summed E-state index contributed by atoms with van der Waals surface area (Å²) in [5, 5.41) is 29.2. The molecule has 1 aromatic rings. The van der Waals surface area contributed by atoms with Gasteiger partial charge in [0.25, 0.3) is 5.69 Å². The number of nitro groups is 1. The fourth-order valence-corrected chi connectivity index (χ4v) is 1.27. The van der Waals surface area contributed by atoms with Crippen molar-refractivity contribution in [2.75, 3.05) is 0 Å². The smallest absolute Gasteiger partial charge is 0.326 e. The van der Waals surface area contributed by atoms with Crippen LogP contribution in [0.2, 0.25) is 0 Å². The van der Waals surface area contributed by atoms with Crippen molar-refractivity contribution in [3.63, 3.8) is 0 Å². The molecule has 0 fully saturated rings. The molecule has 7 nitrogen and oxygen atoms in total. The highest BCUT2D eigenvalue weighted by Gasteiger charge is 2.38. The molecule has 0 heterocycles. The zero-order chi connectivity index (χ0) is 13.2. The summed E-state index contributed by atoms with van der Waals surface area (Å²) < 4.78 is 0. The molecule has 17 heavy (non-hydrogen) atoms. The molecule has 0 aliphatic carbocycles. The molecule has 0 saturated carbocycles. The van der Waals surface area contributed by atoms with E-state index < -0.39 is 22.5 Å². The summed E-state index contributed by atoms with van der Waals surface area (Å²) in [5.41, 5.74) is 3.39. The number of aliphatic carboxylic acids is 1. The maximum absolute atomic E-state index is 10.8. The van der Waals surface area contributed by atoms with Gasteiger partial charge in [-0.05, 0) is 12.5 Å². The highest BCUT2D eigenvalue weighted by Crippen LogP contribution is 2.26. The lowest BCUT2D eigenvalue weighted by atomic mass is 9.90. The van der Waals surface area contributed by atoms with Gasteiger partial charge in [-0.25, -0.2) is 0 Å². The van der Waals surface area contributed by atoms with Crippen LogP contribution < -0.4 is 5.73 Å². The number of aliphatic hydroxyl groups excluding tert-OH is 1. The highest BCUT2D eigenvalue weighted by atomic mass is 16.6. The minimum Gasteiger partial charge on any atom is -0.480 e. The van der Waals surface area contributed by atoms with E-state index in [9.17, 15) is 20.0 Å². The van der Waals surface area contributed by atoms with E-state index in [0.29, 0.717) is 0 Å². The Bertz CT molecular complexity index is 458. The van der Waals surface area contributed by atoms with Crippen LogP contribution in [0.4, 0.5) is 5.69 Å². The quantitative estimate of drug-likeness (QED) is 0.517. The van der Waals surface area contributed by atoms with Crippen LogP contribution in [-0.4, -0.2) is 26.6 Å². The number of benzene rings is 1. The van der Waals surface area contributed by atoms with Gasteiger partial charge in [0, 0.05) is 12.1 Å². The Morgan fingerprint density at radius 3 is 2.65 bits per heavy atom. The highest BCUT2D eigenvalue weighted by molar-refractivity contribution is 5.79. The number of non-ortho nitro benzene ring substituents is 1. The van der Waals surface area contributed by atoms with Gasteiger partial charge in [0.2, 0.25) is 0 Å². The molecule has 1 unspecified atom stereocenters. The number of aliphatic hydroxyl groups is 1. The third-order valence-electron chi connectivity index (χ3n) is 2.43. The van der Waals surface area contributed by atoms with Crippen molar-refractivity contribution in [1.29, 1.82) is 0 Å². The first-order chi connectivity index (χ1) is 7.76. The Morgan fingerprint density at radius 2 is 2.18 bits per heavy atom. The van der Waals surface area contributed by atoms with E-state index in [1.165, 1.54) is 18.2 Å². The third kappa shape index (κ3) is 2.58. The van der Waals surface area contributed by atoms with Gasteiger partial charge in [0.1, 0.15) is 11.6 Å². The Labute approximate surface area is 96.6 Å². The summed E-state index contributed by atoms with van der Waals surface area (Å²) in [5.74, 6) is -1.39. The lowest BCUT2D eigenvalue weighted by Crippen LogP contribution is -2.50. The molecule has 0 aliphatic rings. The first-order valence-electron chi connectivity index (χ1n) is 4.71. The lowest BCUT2D eigenvalue weighted by molar-refractivity contribution is -0.385. The van der Waals surface area contributed by atoms with Crippen LogP contribution in [0.15, 0.2) is 24.3 Å². The fraction of sp³-hybridized carbons (Fsp3) is 0.300.